The Kier molecular flexibility index (Phi) is 5.47. The summed E-state index contributed by atoms with van der Waals surface area (Å²) < 4.78 is 0. The molecule has 1 aliphatic carbocycles. The molecule has 0 bridgehead atoms. The summed E-state index contributed by atoms with van der Waals surface area (Å²) in [6.07, 6.45) is 2.77. The molecule has 0 spiro atoms. The SMILES string of the molecule is CN(CC1CC(C(C)(C)C)C1)C1CN(CC(=O)NC(C)(C)C)C1. The van der Waals surface area contributed by atoms with E-state index < -0.39 is 0 Å². The zero-order chi connectivity index (χ0) is 17.4. The molecule has 134 valence electrons. The van der Waals surface area contributed by atoms with Gasteiger partial charge in [-0.05, 0) is 57.9 Å². The lowest BCUT2D eigenvalue weighted by atomic mass is 9.63. The van der Waals surface area contributed by atoms with Crippen LogP contribution in [0.1, 0.15) is 54.4 Å². The molecule has 2 rings (SSSR count). The zero-order valence-electron chi connectivity index (χ0n) is 16.3. The van der Waals surface area contributed by atoms with Gasteiger partial charge in [-0.2, -0.15) is 0 Å². The largest absolute Gasteiger partial charge is 0.350 e. The average molecular weight is 324 g/mol. The first kappa shape index (κ1) is 18.7. The molecular weight excluding hydrogens is 286 g/mol. The molecule has 4 nitrogen and oxygen atoms in total. The lowest BCUT2D eigenvalue weighted by Gasteiger charge is -2.49. The van der Waals surface area contributed by atoms with Gasteiger partial charge in [-0.1, -0.05) is 20.8 Å². The highest BCUT2D eigenvalue weighted by Crippen LogP contribution is 2.45. The van der Waals surface area contributed by atoms with Crippen molar-refractivity contribution < 1.29 is 4.79 Å². The Balaban J connectivity index is 1.61. The fourth-order valence-electron chi connectivity index (χ4n) is 3.76. The Morgan fingerprint density at radius 3 is 2.17 bits per heavy atom. The summed E-state index contributed by atoms with van der Waals surface area (Å²) in [5, 5.41) is 3.04. The van der Waals surface area contributed by atoms with Gasteiger partial charge in [0.25, 0.3) is 0 Å². The maximum Gasteiger partial charge on any atom is 0.234 e. The smallest absolute Gasteiger partial charge is 0.234 e. The van der Waals surface area contributed by atoms with E-state index in [1.807, 2.05) is 20.8 Å². The lowest BCUT2D eigenvalue weighted by Crippen LogP contribution is -2.61. The van der Waals surface area contributed by atoms with Crippen LogP contribution < -0.4 is 5.32 Å². The number of rotatable bonds is 5. The second kappa shape index (κ2) is 6.72. The molecule has 23 heavy (non-hydrogen) atoms. The summed E-state index contributed by atoms with van der Waals surface area (Å²) in [7, 11) is 2.25. The zero-order valence-corrected chi connectivity index (χ0v) is 16.3. The minimum atomic E-state index is -0.133. The molecule has 1 aliphatic heterocycles. The molecule has 2 aliphatic rings. The van der Waals surface area contributed by atoms with Crippen LogP contribution in [0.4, 0.5) is 0 Å². The van der Waals surface area contributed by atoms with E-state index in [2.05, 4.69) is 42.9 Å². The number of nitrogens with one attached hydrogen (secondary N) is 1. The molecule has 0 aromatic heterocycles. The number of amides is 1. The number of carbonyl (C=O) groups is 1. The first-order chi connectivity index (χ1) is 10.4. The van der Waals surface area contributed by atoms with E-state index in [-0.39, 0.29) is 11.4 Å². The van der Waals surface area contributed by atoms with E-state index in [1.54, 1.807) is 0 Å². The third kappa shape index (κ3) is 5.46. The topological polar surface area (TPSA) is 35.6 Å². The van der Waals surface area contributed by atoms with Crippen LogP contribution in [0.2, 0.25) is 0 Å². The van der Waals surface area contributed by atoms with Gasteiger partial charge in [-0.25, -0.2) is 0 Å². The van der Waals surface area contributed by atoms with E-state index in [0.29, 0.717) is 18.0 Å². The Morgan fingerprint density at radius 2 is 1.70 bits per heavy atom. The van der Waals surface area contributed by atoms with Crippen molar-refractivity contribution in [2.45, 2.75) is 66.0 Å². The quantitative estimate of drug-likeness (QED) is 0.845. The molecule has 1 N–H and O–H groups in total. The van der Waals surface area contributed by atoms with Crippen LogP contribution in [0.25, 0.3) is 0 Å². The third-order valence-corrected chi connectivity index (χ3v) is 5.45. The molecule has 1 saturated heterocycles. The molecule has 0 aromatic carbocycles. The van der Waals surface area contributed by atoms with Gasteiger partial charge in [0.2, 0.25) is 5.91 Å². The number of carbonyl (C=O) groups excluding carboxylic acids is 1. The highest BCUT2D eigenvalue weighted by molar-refractivity contribution is 5.78. The van der Waals surface area contributed by atoms with Crippen LogP contribution >= 0.6 is 0 Å². The Labute approximate surface area is 143 Å². The van der Waals surface area contributed by atoms with E-state index >= 15 is 0 Å². The van der Waals surface area contributed by atoms with Crippen LogP contribution in [0, 0.1) is 17.3 Å². The van der Waals surface area contributed by atoms with E-state index in [4.69, 9.17) is 0 Å². The van der Waals surface area contributed by atoms with Crippen molar-refractivity contribution in [1.29, 1.82) is 0 Å². The fraction of sp³-hybridized carbons (Fsp3) is 0.947. The molecule has 1 amide bonds. The molecule has 0 aromatic rings. The van der Waals surface area contributed by atoms with E-state index in [9.17, 15) is 4.79 Å². The maximum absolute atomic E-state index is 11.9. The summed E-state index contributed by atoms with van der Waals surface area (Å²) in [5.74, 6) is 1.92. The number of hydrogen-bond donors (Lipinski definition) is 1. The van der Waals surface area contributed by atoms with Crippen LogP contribution in [-0.2, 0) is 4.79 Å². The maximum atomic E-state index is 11.9. The minimum Gasteiger partial charge on any atom is -0.350 e. The van der Waals surface area contributed by atoms with E-state index in [0.717, 1.165) is 24.9 Å². The second-order valence-electron chi connectivity index (χ2n) is 9.99. The van der Waals surface area contributed by atoms with Gasteiger partial charge in [0.15, 0.2) is 0 Å². The molecule has 1 saturated carbocycles. The average Bonchev–Trinajstić information content (AvgIpc) is 2.22. The number of hydrogen-bond acceptors (Lipinski definition) is 3. The van der Waals surface area contributed by atoms with Gasteiger partial charge in [0, 0.05) is 31.2 Å². The molecule has 1 heterocycles. The van der Waals surface area contributed by atoms with Gasteiger partial charge in [-0.3, -0.25) is 9.69 Å². The summed E-state index contributed by atoms with van der Waals surface area (Å²) in [6.45, 7) is 17.0. The Bertz CT molecular complexity index is 409. The third-order valence-electron chi connectivity index (χ3n) is 5.45. The monoisotopic (exact) mass is 323 g/mol. The minimum absolute atomic E-state index is 0.133. The van der Waals surface area contributed by atoms with Gasteiger partial charge in [-0.15, -0.1) is 0 Å². The van der Waals surface area contributed by atoms with Crippen molar-refractivity contribution >= 4 is 5.91 Å². The van der Waals surface area contributed by atoms with Gasteiger partial charge in [0.05, 0.1) is 6.54 Å². The van der Waals surface area contributed by atoms with Crippen LogP contribution in [-0.4, -0.2) is 60.5 Å². The second-order valence-corrected chi connectivity index (χ2v) is 9.99. The normalized spacial score (nSPS) is 26.8. The molecule has 0 unspecified atom stereocenters. The van der Waals surface area contributed by atoms with Crippen LogP contribution in [0.15, 0.2) is 0 Å². The first-order valence-electron chi connectivity index (χ1n) is 9.17. The van der Waals surface area contributed by atoms with Gasteiger partial charge >= 0.3 is 0 Å². The highest BCUT2D eigenvalue weighted by Gasteiger charge is 2.39. The molecule has 2 fully saturated rings. The van der Waals surface area contributed by atoms with Crippen molar-refractivity contribution in [2.75, 3.05) is 33.2 Å². The Hall–Kier alpha value is -0.610. The highest BCUT2D eigenvalue weighted by atomic mass is 16.2. The first-order valence-corrected chi connectivity index (χ1v) is 9.17. The number of likely N-dealkylation sites (tertiary alicyclic amines) is 1. The van der Waals surface area contributed by atoms with Crippen molar-refractivity contribution in [2.24, 2.45) is 17.3 Å². The van der Waals surface area contributed by atoms with Gasteiger partial charge in [0.1, 0.15) is 0 Å². The van der Waals surface area contributed by atoms with Crippen molar-refractivity contribution in [3.63, 3.8) is 0 Å². The molecular formula is C19H37N3O. The predicted octanol–water partition coefficient (Wildman–Crippen LogP) is 2.59. The van der Waals surface area contributed by atoms with Crippen LogP contribution in [0.5, 0.6) is 0 Å². The van der Waals surface area contributed by atoms with Crippen molar-refractivity contribution in [3.05, 3.63) is 0 Å². The molecule has 0 atom stereocenters. The standard InChI is InChI=1S/C19H37N3O/c1-18(2,3)15-8-14(9-15)10-21(7)16-11-22(12-16)13-17(23)20-19(4,5)6/h14-16H,8-13H2,1-7H3,(H,20,23). The van der Waals surface area contributed by atoms with E-state index in [1.165, 1.54) is 19.4 Å². The van der Waals surface area contributed by atoms with Crippen LogP contribution in [0.3, 0.4) is 0 Å². The number of likely N-dealkylation sites (N-methyl/N-ethyl adjacent to an activating group) is 1. The predicted molar refractivity (Wildman–Crippen MR) is 96.4 cm³/mol. The molecule has 0 radical (unpaired) electrons. The summed E-state index contributed by atoms with van der Waals surface area (Å²) in [4.78, 5) is 16.7. The molecule has 4 heteroatoms. The Morgan fingerprint density at radius 1 is 1.13 bits per heavy atom. The lowest BCUT2D eigenvalue weighted by molar-refractivity contribution is -0.125. The fourth-order valence-corrected chi connectivity index (χ4v) is 3.76. The van der Waals surface area contributed by atoms with Crippen molar-refractivity contribution in [3.8, 4) is 0 Å². The van der Waals surface area contributed by atoms with Gasteiger partial charge < -0.3 is 10.2 Å². The number of nitrogens with zero attached hydrogens (tertiary/aromatic N) is 2. The van der Waals surface area contributed by atoms with Crippen molar-refractivity contribution in [1.82, 2.24) is 15.1 Å². The summed E-state index contributed by atoms with van der Waals surface area (Å²) in [5.41, 5.74) is 0.342. The summed E-state index contributed by atoms with van der Waals surface area (Å²) in [6, 6.07) is 0.631. The summed E-state index contributed by atoms with van der Waals surface area (Å²) >= 11 is 0.